The van der Waals surface area contributed by atoms with Crippen molar-refractivity contribution >= 4 is 5.97 Å². The standard InChI is InChI=1S/C15H25NO2/c1-4-15(5-2,18-14(3)17)10-9-13-16-11-7-6-8-12-16/h4-8,11-13H2,1-3H3. The van der Waals surface area contributed by atoms with Crippen molar-refractivity contribution in [2.45, 2.75) is 58.5 Å². The summed E-state index contributed by atoms with van der Waals surface area (Å²) in [6.07, 6.45) is 5.38. The van der Waals surface area contributed by atoms with Crippen LogP contribution in [0, 0.1) is 11.8 Å². The molecule has 0 atom stereocenters. The molecule has 18 heavy (non-hydrogen) atoms. The van der Waals surface area contributed by atoms with Gasteiger partial charge in [-0.1, -0.05) is 32.1 Å². The fraction of sp³-hybridized carbons (Fsp3) is 0.800. The normalized spacial score (nSPS) is 16.8. The van der Waals surface area contributed by atoms with Crippen molar-refractivity contribution in [3.63, 3.8) is 0 Å². The summed E-state index contributed by atoms with van der Waals surface area (Å²) in [5.41, 5.74) is -0.582. The second kappa shape index (κ2) is 7.43. The number of likely N-dealkylation sites (tertiary alicyclic amines) is 1. The van der Waals surface area contributed by atoms with Crippen LogP contribution in [0.1, 0.15) is 52.9 Å². The zero-order valence-electron chi connectivity index (χ0n) is 11.9. The van der Waals surface area contributed by atoms with E-state index in [0.29, 0.717) is 0 Å². The number of esters is 1. The number of rotatable bonds is 4. The quantitative estimate of drug-likeness (QED) is 0.568. The Morgan fingerprint density at radius 2 is 1.83 bits per heavy atom. The maximum Gasteiger partial charge on any atom is 0.304 e. The molecule has 3 heteroatoms. The average molecular weight is 251 g/mol. The lowest BCUT2D eigenvalue weighted by Gasteiger charge is -2.26. The summed E-state index contributed by atoms with van der Waals surface area (Å²) >= 11 is 0. The van der Waals surface area contributed by atoms with Crippen LogP contribution in [0.2, 0.25) is 0 Å². The number of hydrogen-bond acceptors (Lipinski definition) is 3. The number of carbonyl (C=O) groups is 1. The van der Waals surface area contributed by atoms with Gasteiger partial charge in [-0.15, -0.1) is 0 Å². The first-order chi connectivity index (χ1) is 8.62. The molecule has 0 aromatic heterocycles. The molecule has 0 aromatic rings. The Morgan fingerprint density at radius 1 is 1.22 bits per heavy atom. The number of ether oxygens (including phenoxy) is 1. The summed E-state index contributed by atoms with van der Waals surface area (Å²) in [4.78, 5) is 13.5. The third-order valence-corrected chi connectivity index (χ3v) is 3.55. The lowest BCUT2D eigenvalue weighted by atomic mass is 9.98. The van der Waals surface area contributed by atoms with Gasteiger partial charge in [0.05, 0.1) is 6.54 Å². The lowest BCUT2D eigenvalue weighted by Crippen LogP contribution is -2.33. The van der Waals surface area contributed by atoms with Crippen LogP contribution in [0.3, 0.4) is 0 Å². The molecule has 3 nitrogen and oxygen atoms in total. The summed E-state index contributed by atoms with van der Waals surface area (Å²) in [6, 6.07) is 0. The number of hydrogen-bond donors (Lipinski definition) is 0. The van der Waals surface area contributed by atoms with E-state index >= 15 is 0 Å². The predicted octanol–water partition coefficient (Wildman–Crippen LogP) is 2.60. The molecule has 102 valence electrons. The topological polar surface area (TPSA) is 29.5 Å². The van der Waals surface area contributed by atoms with E-state index in [1.807, 2.05) is 13.8 Å². The molecule has 0 radical (unpaired) electrons. The highest BCUT2D eigenvalue weighted by atomic mass is 16.6. The van der Waals surface area contributed by atoms with E-state index in [4.69, 9.17) is 4.74 Å². The van der Waals surface area contributed by atoms with E-state index in [2.05, 4.69) is 16.7 Å². The Labute approximate surface area is 111 Å². The summed E-state index contributed by atoms with van der Waals surface area (Å²) in [7, 11) is 0. The Balaban J connectivity index is 2.56. The Bertz CT molecular complexity index is 317. The maximum atomic E-state index is 11.1. The summed E-state index contributed by atoms with van der Waals surface area (Å²) < 4.78 is 5.39. The van der Waals surface area contributed by atoms with Crippen molar-refractivity contribution in [3.8, 4) is 11.8 Å². The zero-order valence-corrected chi connectivity index (χ0v) is 11.9. The summed E-state index contributed by atoms with van der Waals surface area (Å²) in [6.45, 7) is 8.57. The minimum atomic E-state index is -0.582. The first kappa shape index (κ1) is 15.0. The van der Waals surface area contributed by atoms with Crippen molar-refractivity contribution in [1.29, 1.82) is 0 Å². The first-order valence-electron chi connectivity index (χ1n) is 7.04. The molecule has 1 fully saturated rings. The minimum Gasteiger partial charge on any atom is -0.446 e. The van der Waals surface area contributed by atoms with E-state index in [0.717, 1.165) is 32.5 Å². The van der Waals surface area contributed by atoms with Crippen LogP contribution < -0.4 is 0 Å². The second-order valence-electron chi connectivity index (χ2n) is 4.93. The fourth-order valence-corrected chi connectivity index (χ4v) is 2.30. The lowest BCUT2D eigenvalue weighted by molar-refractivity contribution is -0.152. The Hall–Kier alpha value is -1.01. The van der Waals surface area contributed by atoms with E-state index in [1.54, 1.807) is 0 Å². The minimum absolute atomic E-state index is 0.244. The van der Waals surface area contributed by atoms with Crippen LogP contribution in [0.4, 0.5) is 0 Å². The third-order valence-electron chi connectivity index (χ3n) is 3.55. The number of nitrogens with zero attached hydrogens (tertiary/aromatic N) is 1. The number of piperidine rings is 1. The smallest absolute Gasteiger partial charge is 0.304 e. The van der Waals surface area contributed by atoms with Crippen molar-refractivity contribution in [2.75, 3.05) is 19.6 Å². The molecule has 1 heterocycles. The molecule has 0 aliphatic carbocycles. The Kier molecular flexibility index (Phi) is 6.21. The second-order valence-corrected chi connectivity index (χ2v) is 4.93. The van der Waals surface area contributed by atoms with E-state index in [9.17, 15) is 4.79 Å². The molecule has 1 rings (SSSR count). The van der Waals surface area contributed by atoms with E-state index in [1.165, 1.54) is 26.2 Å². The Morgan fingerprint density at radius 3 is 2.33 bits per heavy atom. The molecule has 0 aromatic carbocycles. The van der Waals surface area contributed by atoms with Gasteiger partial charge in [0.2, 0.25) is 0 Å². The zero-order chi connectivity index (χ0) is 13.4. The predicted molar refractivity (Wildman–Crippen MR) is 73.1 cm³/mol. The highest BCUT2D eigenvalue weighted by molar-refractivity contribution is 5.67. The summed E-state index contributed by atoms with van der Waals surface area (Å²) in [5.74, 6) is 6.13. The van der Waals surface area contributed by atoms with Crippen molar-refractivity contribution in [1.82, 2.24) is 4.90 Å². The SMILES string of the molecule is CCC(C#CCN1CCCCC1)(CC)OC(C)=O. The van der Waals surface area contributed by atoms with E-state index < -0.39 is 5.60 Å². The van der Waals surface area contributed by atoms with Crippen LogP contribution in [0.15, 0.2) is 0 Å². The number of carbonyl (C=O) groups excluding carboxylic acids is 1. The molecule has 1 aliphatic heterocycles. The van der Waals surface area contributed by atoms with Gasteiger partial charge in [-0.05, 0) is 38.8 Å². The van der Waals surface area contributed by atoms with Crippen LogP contribution in [-0.4, -0.2) is 36.1 Å². The monoisotopic (exact) mass is 251 g/mol. The largest absolute Gasteiger partial charge is 0.446 e. The van der Waals surface area contributed by atoms with E-state index in [-0.39, 0.29) is 5.97 Å². The van der Waals surface area contributed by atoms with Gasteiger partial charge in [0, 0.05) is 6.92 Å². The highest BCUT2D eigenvalue weighted by Crippen LogP contribution is 2.19. The van der Waals surface area contributed by atoms with Crippen LogP contribution in [0.25, 0.3) is 0 Å². The van der Waals surface area contributed by atoms with Gasteiger partial charge >= 0.3 is 5.97 Å². The van der Waals surface area contributed by atoms with Gasteiger partial charge in [-0.3, -0.25) is 9.69 Å². The van der Waals surface area contributed by atoms with Crippen molar-refractivity contribution in [2.24, 2.45) is 0 Å². The van der Waals surface area contributed by atoms with Crippen molar-refractivity contribution < 1.29 is 9.53 Å². The van der Waals surface area contributed by atoms with Crippen LogP contribution in [0.5, 0.6) is 0 Å². The molecule has 0 N–H and O–H groups in total. The molecule has 1 saturated heterocycles. The maximum absolute atomic E-state index is 11.1. The van der Waals surface area contributed by atoms with Crippen molar-refractivity contribution in [3.05, 3.63) is 0 Å². The first-order valence-corrected chi connectivity index (χ1v) is 7.04. The third kappa shape index (κ3) is 4.70. The van der Waals surface area contributed by atoms with Crippen LogP contribution in [-0.2, 0) is 9.53 Å². The van der Waals surface area contributed by atoms with Gasteiger partial charge in [-0.25, -0.2) is 0 Å². The fourth-order valence-electron chi connectivity index (χ4n) is 2.30. The van der Waals surface area contributed by atoms with Gasteiger partial charge in [0.15, 0.2) is 5.60 Å². The molecule has 0 saturated carbocycles. The molecule has 0 bridgehead atoms. The summed E-state index contributed by atoms with van der Waals surface area (Å²) in [5, 5.41) is 0. The van der Waals surface area contributed by atoms with Gasteiger partial charge in [-0.2, -0.15) is 0 Å². The molecule has 0 spiro atoms. The molecule has 1 aliphatic rings. The molecule has 0 amide bonds. The van der Waals surface area contributed by atoms with Gasteiger partial charge in [0.1, 0.15) is 0 Å². The van der Waals surface area contributed by atoms with Gasteiger partial charge < -0.3 is 4.74 Å². The van der Waals surface area contributed by atoms with Crippen LogP contribution >= 0.6 is 0 Å². The van der Waals surface area contributed by atoms with Gasteiger partial charge in [0.25, 0.3) is 0 Å². The molecular weight excluding hydrogens is 226 g/mol. The molecule has 0 unspecified atom stereocenters. The molecular formula is C15H25NO2. The highest BCUT2D eigenvalue weighted by Gasteiger charge is 2.26. The average Bonchev–Trinajstić information content (AvgIpc) is 2.38.